The lowest BCUT2D eigenvalue weighted by Crippen LogP contribution is -2.48. The summed E-state index contributed by atoms with van der Waals surface area (Å²) in [6, 6.07) is 15.6. The number of anilines is 1. The van der Waals surface area contributed by atoms with E-state index in [9.17, 15) is 13.2 Å². The van der Waals surface area contributed by atoms with E-state index in [2.05, 4.69) is 10.6 Å². The number of nitrogens with zero attached hydrogens (tertiary/aromatic N) is 1. The molecule has 2 aromatic rings. The van der Waals surface area contributed by atoms with Gasteiger partial charge in [-0.15, -0.1) is 0 Å². The molecule has 1 aliphatic heterocycles. The third-order valence-electron chi connectivity index (χ3n) is 4.65. The van der Waals surface area contributed by atoms with Crippen LogP contribution in [-0.4, -0.2) is 40.5 Å². The lowest BCUT2D eigenvalue weighted by molar-refractivity contribution is -0.121. The molecule has 27 heavy (non-hydrogen) atoms. The Morgan fingerprint density at radius 2 is 1.78 bits per heavy atom. The maximum absolute atomic E-state index is 13.1. The normalized spacial score (nSPS) is 14.4. The molecule has 0 unspecified atom stereocenters. The lowest BCUT2D eigenvalue weighted by atomic mass is 10.0. The quantitative estimate of drug-likeness (QED) is 0.725. The Hall–Kier alpha value is -2.38. The summed E-state index contributed by atoms with van der Waals surface area (Å²) in [4.78, 5) is 12.4. The van der Waals surface area contributed by atoms with E-state index in [-0.39, 0.29) is 23.8 Å². The van der Waals surface area contributed by atoms with Crippen molar-refractivity contribution in [2.45, 2.75) is 18.2 Å². The molecule has 7 heteroatoms. The Labute approximate surface area is 160 Å². The van der Waals surface area contributed by atoms with Gasteiger partial charge in [-0.2, -0.15) is 0 Å². The topological polar surface area (TPSA) is 78.5 Å². The van der Waals surface area contributed by atoms with Crippen molar-refractivity contribution in [2.75, 3.05) is 30.5 Å². The molecule has 1 aliphatic rings. The van der Waals surface area contributed by atoms with Crippen LogP contribution in [0.5, 0.6) is 0 Å². The van der Waals surface area contributed by atoms with Crippen LogP contribution in [0.3, 0.4) is 0 Å². The molecule has 3 rings (SSSR count). The van der Waals surface area contributed by atoms with Crippen molar-refractivity contribution in [1.82, 2.24) is 10.6 Å². The van der Waals surface area contributed by atoms with Crippen LogP contribution in [0.15, 0.2) is 59.5 Å². The van der Waals surface area contributed by atoms with Crippen LogP contribution in [0.4, 0.5) is 5.69 Å². The summed E-state index contributed by atoms with van der Waals surface area (Å²) in [7, 11) is -3.74. The van der Waals surface area contributed by atoms with Gasteiger partial charge in [0.15, 0.2) is 0 Å². The van der Waals surface area contributed by atoms with Gasteiger partial charge in [0.05, 0.1) is 10.6 Å². The molecule has 0 radical (unpaired) electrons. The minimum atomic E-state index is -3.74. The lowest BCUT2D eigenvalue weighted by Gasteiger charge is -2.27. The second-order valence-electron chi connectivity index (χ2n) is 6.80. The van der Waals surface area contributed by atoms with E-state index in [1.165, 1.54) is 4.31 Å². The van der Waals surface area contributed by atoms with Crippen molar-refractivity contribution in [3.8, 4) is 0 Å². The van der Waals surface area contributed by atoms with E-state index in [0.717, 1.165) is 18.7 Å². The molecule has 0 aliphatic carbocycles. The molecule has 1 amide bonds. The molecular weight excluding hydrogens is 362 g/mol. The molecule has 0 bridgehead atoms. The van der Waals surface area contributed by atoms with Crippen LogP contribution in [-0.2, 0) is 14.8 Å². The fraction of sp³-hybridized carbons (Fsp3) is 0.350. The molecule has 2 aromatic carbocycles. The molecule has 1 fully saturated rings. The first-order chi connectivity index (χ1) is 13.0. The third kappa shape index (κ3) is 4.87. The van der Waals surface area contributed by atoms with E-state index in [0.29, 0.717) is 18.2 Å². The molecule has 1 heterocycles. The van der Waals surface area contributed by atoms with E-state index in [1.54, 1.807) is 42.5 Å². The van der Waals surface area contributed by atoms with Crippen LogP contribution < -0.4 is 14.9 Å². The number of nitrogens with one attached hydrogen (secondary N) is 2. The van der Waals surface area contributed by atoms with Crippen molar-refractivity contribution < 1.29 is 13.2 Å². The number of benzene rings is 2. The standard InChI is InChI=1S/C20H25N3O3S/c1-16-7-9-18(10-8-16)23(27(25,26)19-5-3-2-4-6-19)12-11-20(24)22-15-17-13-21-14-17/h2-10,17,21H,11-15H2,1H3,(H,22,24). The largest absolute Gasteiger partial charge is 0.356 e. The Morgan fingerprint density at radius 3 is 2.37 bits per heavy atom. The highest BCUT2D eigenvalue weighted by molar-refractivity contribution is 7.92. The zero-order valence-corrected chi connectivity index (χ0v) is 16.2. The summed E-state index contributed by atoms with van der Waals surface area (Å²) < 4.78 is 27.6. The zero-order chi connectivity index (χ0) is 19.3. The summed E-state index contributed by atoms with van der Waals surface area (Å²) in [5, 5.41) is 6.05. The number of carbonyl (C=O) groups excluding carboxylic acids is 1. The summed E-state index contributed by atoms with van der Waals surface area (Å²) in [6.07, 6.45) is 0.111. The van der Waals surface area contributed by atoms with Crippen LogP contribution >= 0.6 is 0 Å². The molecule has 1 saturated heterocycles. The highest BCUT2D eigenvalue weighted by Gasteiger charge is 2.25. The monoisotopic (exact) mass is 387 g/mol. The second kappa shape index (κ2) is 8.54. The smallest absolute Gasteiger partial charge is 0.264 e. The number of hydrogen-bond donors (Lipinski definition) is 2. The van der Waals surface area contributed by atoms with Crippen molar-refractivity contribution in [1.29, 1.82) is 0 Å². The molecule has 0 atom stereocenters. The molecule has 0 saturated carbocycles. The third-order valence-corrected chi connectivity index (χ3v) is 6.49. The summed E-state index contributed by atoms with van der Waals surface area (Å²) in [6.45, 7) is 4.50. The van der Waals surface area contributed by atoms with Gasteiger partial charge in [-0.25, -0.2) is 8.42 Å². The summed E-state index contributed by atoms with van der Waals surface area (Å²) in [5.74, 6) is 0.331. The van der Waals surface area contributed by atoms with Gasteiger partial charge in [0.2, 0.25) is 5.91 Å². The first kappa shape index (κ1) is 19.4. The van der Waals surface area contributed by atoms with Gasteiger partial charge in [-0.3, -0.25) is 9.10 Å². The molecule has 0 aromatic heterocycles. The van der Waals surface area contributed by atoms with E-state index in [4.69, 9.17) is 0 Å². The Bertz CT molecular complexity index is 863. The van der Waals surface area contributed by atoms with Gasteiger partial charge in [0.25, 0.3) is 10.0 Å². The summed E-state index contributed by atoms with van der Waals surface area (Å²) in [5.41, 5.74) is 1.60. The highest BCUT2D eigenvalue weighted by Crippen LogP contribution is 2.24. The highest BCUT2D eigenvalue weighted by atomic mass is 32.2. The number of rotatable bonds is 8. The van der Waals surface area contributed by atoms with Gasteiger partial charge in [0, 0.05) is 38.5 Å². The van der Waals surface area contributed by atoms with E-state index >= 15 is 0 Å². The van der Waals surface area contributed by atoms with Gasteiger partial charge in [0.1, 0.15) is 0 Å². The van der Waals surface area contributed by atoms with Crippen molar-refractivity contribution in [3.05, 3.63) is 60.2 Å². The number of sulfonamides is 1. The predicted octanol–water partition coefficient (Wildman–Crippen LogP) is 1.92. The van der Waals surface area contributed by atoms with Crippen molar-refractivity contribution >= 4 is 21.6 Å². The Morgan fingerprint density at radius 1 is 1.11 bits per heavy atom. The predicted molar refractivity (Wildman–Crippen MR) is 106 cm³/mol. The van der Waals surface area contributed by atoms with Crippen LogP contribution in [0.25, 0.3) is 0 Å². The fourth-order valence-electron chi connectivity index (χ4n) is 2.86. The minimum Gasteiger partial charge on any atom is -0.356 e. The van der Waals surface area contributed by atoms with Gasteiger partial charge in [-0.05, 0) is 31.2 Å². The molecule has 6 nitrogen and oxygen atoms in total. The van der Waals surface area contributed by atoms with Crippen molar-refractivity contribution in [2.24, 2.45) is 5.92 Å². The number of carbonyl (C=O) groups is 1. The Balaban J connectivity index is 1.75. The first-order valence-corrected chi connectivity index (χ1v) is 10.5. The van der Waals surface area contributed by atoms with Crippen molar-refractivity contribution in [3.63, 3.8) is 0 Å². The average molecular weight is 388 g/mol. The number of aryl methyl sites for hydroxylation is 1. The molecule has 144 valence electrons. The van der Waals surface area contributed by atoms with Crippen LogP contribution in [0, 0.1) is 12.8 Å². The van der Waals surface area contributed by atoms with E-state index in [1.807, 2.05) is 19.1 Å². The first-order valence-electron chi connectivity index (χ1n) is 9.08. The van der Waals surface area contributed by atoms with Crippen LogP contribution in [0.2, 0.25) is 0 Å². The second-order valence-corrected chi connectivity index (χ2v) is 8.67. The SMILES string of the molecule is Cc1ccc(N(CCC(=O)NCC2CNC2)S(=O)(=O)c2ccccc2)cc1. The molecule has 0 spiro atoms. The Kier molecular flexibility index (Phi) is 6.13. The van der Waals surface area contributed by atoms with Crippen LogP contribution in [0.1, 0.15) is 12.0 Å². The maximum Gasteiger partial charge on any atom is 0.264 e. The maximum atomic E-state index is 13.1. The average Bonchev–Trinajstić information content (AvgIpc) is 2.62. The van der Waals surface area contributed by atoms with Gasteiger partial charge >= 0.3 is 0 Å². The minimum absolute atomic E-state index is 0.0923. The van der Waals surface area contributed by atoms with Gasteiger partial charge in [-0.1, -0.05) is 35.9 Å². The summed E-state index contributed by atoms with van der Waals surface area (Å²) >= 11 is 0. The number of amides is 1. The molecule has 2 N–H and O–H groups in total. The molecular formula is C20H25N3O3S. The van der Waals surface area contributed by atoms with Gasteiger partial charge < -0.3 is 10.6 Å². The number of hydrogen-bond acceptors (Lipinski definition) is 4. The van der Waals surface area contributed by atoms with E-state index < -0.39 is 10.0 Å². The zero-order valence-electron chi connectivity index (χ0n) is 15.4. The fourth-order valence-corrected chi connectivity index (χ4v) is 4.35.